The molecule has 0 saturated carbocycles. The molecule has 0 heterocycles. The van der Waals surface area contributed by atoms with Crippen LogP contribution < -0.4 is 4.74 Å². The number of rotatable bonds is 7. The summed E-state index contributed by atoms with van der Waals surface area (Å²) in [7, 11) is 0. The van der Waals surface area contributed by atoms with E-state index in [9.17, 15) is 4.79 Å². The molecule has 0 N–H and O–H groups in total. The number of hydrogen-bond donors (Lipinski definition) is 0. The van der Waals surface area contributed by atoms with Crippen molar-refractivity contribution in [2.24, 2.45) is 0 Å². The summed E-state index contributed by atoms with van der Waals surface area (Å²) in [4.78, 5) is 11.3. The largest absolute Gasteiger partial charge is 0.494 e. The van der Waals surface area contributed by atoms with Gasteiger partial charge in [-0.1, -0.05) is 5.57 Å². The van der Waals surface area contributed by atoms with Crippen molar-refractivity contribution in [1.82, 2.24) is 0 Å². The number of aryl methyl sites for hydroxylation is 1. The normalized spacial score (nSPS) is 10.2. The molecule has 0 unspecified atom stereocenters. The number of ether oxygens (including phenoxy) is 1. The van der Waals surface area contributed by atoms with Gasteiger partial charge in [-0.15, -0.1) is 6.58 Å². The molecule has 1 aromatic rings. The van der Waals surface area contributed by atoms with Crippen molar-refractivity contribution < 1.29 is 9.53 Å². The average Bonchev–Trinajstić information content (AvgIpc) is 2.27. The molecular weight excluding hydrogens is 224 g/mol. The van der Waals surface area contributed by atoms with Crippen LogP contribution in [-0.2, 0) is 0 Å². The number of ketones is 1. The maximum atomic E-state index is 11.3. The third-order valence-electron chi connectivity index (χ3n) is 2.84. The highest BCUT2D eigenvalue weighted by Crippen LogP contribution is 2.18. The number of benzene rings is 1. The number of hydrogen-bond acceptors (Lipinski definition) is 2. The number of carbonyl (C=O) groups is 1. The van der Waals surface area contributed by atoms with Crippen LogP contribution in [0.3, 0.4) is 0 Å². The van der Waals surface area contributed by atoms with Crippen molar-refractivity contribution in [3.63, 3.8) is 0 Å². The lowest BCUT2D eigenvalue weighted by molar-refractivity contribution is 0.101. The maximum Gasteiger partial charge on any atom is 0.160 e. The number of allylic oxidation sites excluding steroid dienone is 1. The minimum absolute atomic E-state index is 0.0977. The predicted octanol–water partition coefficient (Wildman–Crippen LogP) is 4.32. The molecule has 0 aromatic heterocycles. The highest BCUT2D eigenvalue weighted by molar-refractivity contribution is 5.95. The van der Waals surface area contributed by atoms with Gasteiger partial charge in [-0.05, 0) is 63.8 Å². The van der Waals surface area contributed by atoms with Gasteiger partial charge in [0.25, 0.3) is 0 Å². The highest BCUT2D eigenvalue weighted by Gasteiger charge is 2.04. The van der Waals surface area contributed by atoms with Gasteiger partial charge >= 0.3 is 0 Å². The van der Waals surface area contributed by atoms with Gasteiger partial charge < -0.3 is 4.74 Å². The lowest BCUT2D eigenvalue weighted by Gasteiger charge is -2.08. The van der Waals surface area contributed by atoms with Crippen LogP contribution in [-0.4, -0.2) is 12.4 Å². The molecule has 98 valence electrons. The zero-order chi connectivity index (χ0) is 13.5. The summed E-state index contributed by atoms with van der Waals surface area (Å²) in [5, 5.41) is 0. The molecule has 0 aliphatic rings. The van der Waals surface area contributed by atoms with Crippen LogP contribution in [0, 0.1) is 6.92 Å². The smallest absolute Gasteiger partial charge is 0.160 e. The van der Waals surface area contributed by atoms with Crippen LogP contribution in [0.2, 0.25) is 0 Å². The van der Waals surface area contributed by atoms with E-state index in [0.29, 0.717) is 6.61 Å². The zero-order valence-electron chi connectivity index (χ0n) is 11.6. The van der Waals surface area contributed by atoms with Crippen molar-refractivity contribution in [3.8, 4) is 5.75 Å². The lowest BCUT2D eigenvalue weighted by atomic mass is 10.1. The van der Waals surface area contributed by atoms with Gasteiger partial charge in [0.2, 0.25) is 0 Å². The summed E-state index contributed by atoms with van der Waals surface area (Å²) < 4.78 is 5.66. The Morgan fingerprint density at radius 1 is 1.28 bits per heavy atom. The highest BCUT2D eigenvalue weighted by atomic mass is 16.5. The van der Waals surface area contributed by atoms with E-state index in [2.05, 4.69) is 6.58 Å². The third kappa shape index (κ3) is 4.74. The summed E-state index contributed by atoms with van der Waals surface area (Å²) >= 11 is 0. The van der Waals surface area contributed by atoms with Crippen LogP contribution in [0.15, 0.2) is 30.4 Å². The maximum absolute atomic E-state index is 11.3. The molecule has 0 spiro atoms. The van der Waals surface area contributed by atoms with E-state index in [1.165, 1.54) is 5.57 Å². The molecular formula is C16H22O2. The Hall–Kier alpha value is -1.57. The second kappa shape index (κ2) is 7.00. The summed E-state index contributed by atoms with van der Waals surface area (Å²) in [6.45, 7) is 10.2. The first-order valence-corrected chi connectivity index (χ1v) is 6.39. The summed E-state index contributed by atoms with van der Waals surface area (Å²) in [6, 6.07) is 5.62. The second-order valence-corrected chi connectivity index (χ2v) is 4.80. The van der Waals surface area contributed by atoms with Gasteiger partial charge in [-0.2, -0.15) is 0 Å². The molecule has 0 bridgehead atoms. The molecule has 0 saturated heterocycles. The topological polar surface area (TPSA) is 26.3 Å². The van der Waals surface area contributed by atoms with Gasteiger partial charge in [0.05, 0.1) is 6.61 Å². The van der Waals surface area contributed by atoms with Crippen LogP contribution in [0.5, 0.6) is 5.75 Å². The first kappa shape index (κ1) is 14.5. The van der Waals surface area contributed by atoms with E-state index >= 15 is 0 Å². The van der Waals surface area contributed by atoms with Crippen LogP contribution in [0.1, 0.15) is 49.0 Å². The Kier molecular flexibility index (Phi) is 5.63. The van der Waals surface area contributed by atoms with E-state index in [1.54, 1.807) is 6.92 Å². The molecule has 0 aliphatic heterocycles. The first-order valence-electron chi connectivity index (χ1n) is 6.39. The fourth-order valence-electron chi connectivity index (χ4n) is 1.84. The Morgan fingerprint density at radius 3 is 2.56 bits per heavy atom. The van der Waals surface area contributed by atoms with Gasteiger partial charge in [0.1, 0.15) is 5.75 Å². The monoisotopic (exact) mass is 246 g/mol. The third-order valence-corrected chi connectivity index (χ3v) is 2.84. The molecule has 0 atom stereocenters. The van der Waals surface area contributed by atoms with E-state index in [1.807, 2.05) is 32.0 Å². The molecule has 1 aromatic carbocycles. The van der Waals surface area contributed by atoms with Crippen LogP contribution in [0.25, 0.3) is 0 Å². The molecule has 2 nitrogen and oxygen atoms in total. The van der Waals surface area contributed by atoms with E-state index < -0.39 is 0 Å². The van der Waals surface area contributed by atoms with E-state index in [-0.39, 0.29) is 5.78 Å². The molecule has 0 radical (unpaired) electrons. The lowest BCUT2D eigenvalue weighted by Crippen LogP contribution is -2.00. The Balaban J connectivity index is 2.42. The van der Waals surface area contributed by atoms with Crippen LogP contribution >= 0.6 is 0 Å². The number of carbonyl (C=O) groups excluding carboxylic acids is 1. The summed E-state index contributed by atoms with van der Waals surface area (Å²) in [6.07, 6.45) is 3.20. The van der Waals surface area contributed by atoms with Crippen molar-refractivity contribution >= 4 is 5.78 Å². The molecule has 2 heteroatoms. The van der Waals surface area contributed by atoms with Crippen molar-refractivity contribution in [3.05, 3.63) is 41.5 Å². The van der Waals surface area contributed by atoms with Gasteiger partial charge in [-0.25, -0.2) is 0 Å². The van der Waals surface area contributed by atoms with E-state index in [0.717, 1.165) is 36.1 Å². The zero-order valence-corrected chi connectivity index (χ0v) is 11.6. The fourth-order valence-corrected chi connectivity index (χ4v) is 1.84. The van der Waals surface area contributed by atoms with Crippen molar-refractivity contribution in [2.45, 2.75) is 40.0 Å². The van der Waals surface area contributed by atoms with Gasteiger partial charge in [0, 0.05) is 5.56 Å². The molecule has 18 heavy (non-hydrogen) atoms. The molecule has 1 rings (SSSR count). The predicted molar refractivity (Wildman–Crippen MR) is 75.3 cm³/mol. The van der Waals surface area contributed by atoms with Crippen molar-refractivity contribution in [1.29, 1.82) is 0 Å². The van der Waals surface area contributed by atoms with Gasteiger partial charge in [-0.3, -0.25) is 4.79 Å². The SMILES string of the molecule is C=C(C)CCCCOc1ccc(C(C)=O)c(C)c1. The first-order chi connectivity index (χ1) is 8.50. The van der Waals surface area contributed by atoms with Crippen LogP contribution in [0.4, 0.5) is 0 Å². The van der Waals surface area contributed by atoms with Gasteiger partial charge in [0.15, 0.2) is 5.78 Å². The molecule has 0 fully saturated rings. The van der Waals surface area contributed by atoms with Crippen molar-refractivity contribution in [2.75, 3.05) is 6.61 Å². The Morgan fingerprint density at radius 2 is 2.00 bits per heavy atom. The molecule has 0 aliphatic carbocycles. The number of Topliss-reactive ketones (excluding diaryl/α,β-unsaturated/α-hetero) is 1. The van der Waals surface area contributed by atoms with E-state index in [4.69, 9.17) is 4.74 Å². The standard InChI is InChI=1S/C16H22O2/c1-12(2)7-5-6-10-18-15-8-9-16(14(4)17)13(3)11-15/h8-9,11H,1,5-7,10H2,2-4H3. The fraction of sp³-hybridized carbons (Fsp3) is 0.438. The quantitative estimate of drug-likeness (QED) is 0.407. The number of unbranched alkanes of at least 4 members (excludes halogenated alkanes) is 1. The average molecular weight is 246 g/mol. The Bertz CT molecular complexity index is 433. The minimum Gasteiger partial charge on any atom is -0.494 e. The summed E-state index contributed by atoms with van der Waals surface area (Å²) in [5.74, 6) is 0.938. The Labute approximate surface area is 110 Å². The molecule has 0 amide bonds. The minimum atomic E-state index is 0.0977. The summed E-state index contributed by atoms with van der Waals surface area (Å²) in [5.41, 5.74) is 2.96. The second-order valence-electron chi connectivity index (χ2n) is 4.80.